The first kappa shape index (κ1) is 12.1. The average molecular weight is 224 g/mol. The summed E-state index contributed by atoms with van der Waals surface area (Å²) < 4.78 is 0. The van der Waals surface area contributed by atoms with Crippen LogP contribution in [0.2, 0.25) is 0 Å². The lowest BCUT2D eigenvalue weighted by Gasteiger charge is -2.07. The minimum absolute atomic E-state index is 0.104. The number of nitrogens with one attached hydrogen (secondary N) is 1. The second-order valence-corrected chi connectivity index (χ2v) is 4.44. The van der Waals surface area contributed by atoms with Gasteiger partial charge in [-0.3, -0.25) is 5.41 Å². The molecule has 1 aromatic carbocycles. The van der Waals surface area contributed by atoms with Crippen molar-refractivity contribution < 1.29 is 5.11 Å². The Labute approximate surface area is 94.2 Å². The van der Waals surface area contributed by atoms with Gasteiger partial charge in [0.15, 0.2) is 0 Å². The summed E-state index contributed by atoms with van der Waals surface area (Å²) in [6, 6.07) is 5.79. The van der Waals surface area contributed by atoms with Crippen molar-refractivity contribution in [3.63, 3.8) is 0 Å². The molecule has 0 aliphatic carbocycles. The number of rotatable bonds is 5. The van der Waals surface area contributed by atoms with Gasteiger partial charge in [-0.15, -0.1) is 0 Å². The number of hydrogen-bond donors (Lipinski definition) is 3. The Bertz CT molecular complexity index is 352. The first-order valence-electron chi connectivity index (χ1n) is 4.77. The molecule has 82 valence electrons. The first-order chi connectivity index (χ1) is 7.15. The minimum Gasteiger partial charge on any atom is -0.396 e. The lowest BCUT2D eigenvalue weighted by molar-refractivity contribution is 0.322. The molecule has 0 atom stereocenters. The molecule has 0 spiro atoms. The highest BCUT2D eigenvalue weighted by Crippen LogP contribution is 2.17. The molecule has 0 saturated heterocycles. The first-order valence-corrected chi connectivity index (χ1v) is 5.93. The third kappa shape index (κ3) is 3.57. The maximum atomic E-state index is 8.66. The number of benzene rings is 1. The molecule has 0 fully saturated rings. The number of aliphatic hydroxyl groups is 1. The molecule has 4 N–H and O–H groups in total. The van der Waals surface area contributed by atoms with E-state index < -0.39 is 0 Å². The highest BCUT2D eigenvalue weighted by molar-refractivity contribution is 7.98. The molecule has 1 aromatic rings. The number of nitrogen functional groups attached to an aromatic ring is 1. The van der Waals surface area contributed by atoms with E-state index in [0.717, 1.165) is 22.6 Å². The molecule has 0 amide bonds. The van der Waals surface area contributed by atoms with E-state index in [-0.39, 0.29) is 12.4 Å². The van der Waals surface area contributed by atoms with E-state index in [1.54, 1.807) is 11.8 Å². The zero-order valence-electron chi connectivity index (χ0n) is 8.79. The molecule has 1 rings (SSSR count). The molecule has 0 aliphatic rings. The van der Waals surface area contributed by atoms with Crippen molar-refractivity contribution in [2.24, 2.45) is 5.73 Å². The van der Waals surface area contributed by atoms with Crippen molar-refractivity contribution in [1.82, 2.24) is 0 Å². The monoisotopic (exact) mass is 224 g/mol. The van der Waals surface area contributed by atoms with Crippen molar-refractivity contribution in [1.29, 1.82) is 5.41 Å². The minimum atomic E-state index is 0.104. The van der Waals surface area contributed by atoms with Gasteiger partial charge >= 0.3 is 0 Å². The molecule has 0 heterocycles. The zero-order chi connectivity index (χ0) is 11.3. The summed E-state index contributed by atoms with van der Waals surface area (Å²) in [5.74, 6) is 1.76. The quantitative estimate of drug-likeness (QED) is 0.403. The maximum Gasteiger partial charge on any atom is 0.122 e. The second-order valence-electron chi connectivity index (χ2n) is 3.33. The number of aliphatic hydroxyl groups excluding tert-OH is 1. The van der Waals surface area contributed by atoms with Gasteiger partial charge in [0.1, 0.15) is 5.84 Å². The fourth-order valence-electron chi connectivity index (χ4n) is 1.27. The van der Waals surface area contributed by atoms with E-state index in [2.05, 4.69) is 0 Å². The third-order valence-electron chi connectivity index (χ3n) is 2.15. The van der Waals surface area contributed by atoms with E-state index in [1.807, 2.05) is 25.1 Å². The molecular formula is C11H16N2OS. The SMILES string of the molecule is Cc1cc(C(=N)N)ccc1CSCCO. The smallest absolute Gasteiger partial charge is 0.122 e. The Morgan fingerprint density at radius 1 is 1.53 bits per heavy atom. The zero-order valence-corrected chi connectivity index (χ0v) is 9.60. The molecule has 0 radical (unpaired) electrons. The van der Waals surface area contributed by atoms with Gasteiger partial charge in [-0.1, -0.05) is 12.1 Å². The molecule has 4 heteroatoms. The van der Waals surface area contributed by atoms with E-state index in [1.165, 1.54) is 5.56 Å². The van der Waals surface area contributed by atoms with Crippen molar-refractivity contribution >= 4 is 17.6 Å². The predicted molar refractivity (Wildman–Crippen MR) is 65.4 cm³/mol. The van der Waals surface area contributed by atoms with Crippen LogP contribution in [0.15, 0.2) is 18.2 Å². The average Bonchev–Trinajstić information content (AvgIpc) is 2.20. The summed E-state index contributed by atoms with van der Waals surface area (Å²) in [6.45, 7) is 2.23. The molecular weight excluding hydrogens is 208 g/mol. The van der Waals surface area contributed by atoms with Crippen LogP contribution in [-0.2, 0) is 5.75 Å². The van der Waals surface area contributed by atoms with Crippen molar-refractivity contribution in [3.05, 3.63) is 34.9 Å². The summed E-state index contributed by atoms with van der Waals surface area (Å²) in [5.41, 5.74) is 8.55. The Morgan fingerprint density at radius 2 is 2.27 bits per heavy atom. The van der Waals surface area contributed by atoms with E-state index in [9.17, 15) is 0 Å². The lowest BCUT2D eigenvalue weighted by Crippen LogP contribution is -2.11. The fourth-order valence-corrected chi connectivity index (χ4v) is 2.09. The van der Waals surface area contributed by atoms with Gasteiger partial charge in [0.25, 0.3) is 0 Å². The molecule has 0 aromatic heterocycles. The fraction of sp³-hybridized carbons (Fsp3) is 0.364. The highest BCUT2D eigenvalue weighted by Gasteiger charge is 2.02. The molecule has 0 saturated carbocycles. The van der Waals surface area contributed by atoms with E-state index in [4.69, 9.17) is 16.2 Å². The Morgan fingerprint density at radius 3 is 2.80 bits per heavy atom. The molecule has 15 heavy (non-hydrogen) atoms. The van der Waals surface area contributed by atoms with Gasteiger partial charge in [0, 0.05) is 17.1 Å². The van der Waals surface area contributed by atoms with Crippen LogP contribution < -0.4 is 5.73 Å². The molecule has 0 bridgehead atoms. The summed E-state index contributed by atoms with van der Waals surface area (Å²) >= 11 is 1.70. The number of aryl methyl sites for hydroxylation is 1. The predicted octanol–water partition coefficient (Wildman–Crippen LogP) is 1.50. The number of hydrogen-bond acceptors (Lipinski definition) is 3. The van der Waals surface area contributed by atoms with Crippen LogP contribution in [0.25, 0.3) is 0 Å². The lowest BCUT2D eigenvalue weighted by atomic mass is 10.1. The third-order valence-corrected chi connectivity index (χ3v) is 3.13. The molecule has 3 nitrogen and oxygen atoms in total. The van der Waals surface area contributed by atoms with Crippen LogP contribution >= 0.6 is 11.8 Å². The summed E-state index contributed by atoms with van der Waals surface area (Å²) in [6.07, 6.45) is 0. The van der Waals surface area contributed by atoms with Crippen LogP contribution in [0.5, 0.6) is 0 Å². The van der Waals surface area contributed by atoms with Crippen LogP contribution in [-0.4, -0.2) is 23.3 Å². The Kier molecular flexibility index (Phi) is 4.65. The standard InChI is InChI=1S/C11H16N2OS/c1-8-6-9(11(12)13)2-3-10(8)7-15-5-4-14/h2-3,6,14H,4-5,7H2,1H3,(H3,12,13). The molecule has 0 unspecified atom stereocenters. The second kappa shape index (κ2) is 5.78. The summed E-state index contributed by atoms with van der Waals surface area (Å²) in [4.78, 5) is 0. The normalized spacial score (nSPS) is 10.3. The van der Waals surface area contributed by atoms with Gasteiger partial charge in [-0.05, 0) is 24.1 Å². The van der Waals surface area contributed by atoms with E-state index >= 15 is 0 Å². The van der Waals surface area contributed by atoms with Crippen molar-refractivity contribution in [3.8, 4) is 0 Å². The highest BCUT2D eigenvalue weighted by atomic mass is 32.2. The maximum absolute atomic E-state index is 8.66. The van der Waals surface area contributed by atoms with Crippen molar-refractivity contribution in [2.45, 2.75) is 12.7 Å². The largest absolute Gasteiger partial charge is 0.396 e. The Hall–Kier alpha value is -1.000. The van der Waals surface area contributed by atoms with Gasteiger partial charge < -0.3 is 10.8 Å². The Balaban J connectivity index is 2.70. The van der Waals surface area contributed by atoms with Crippen LogP contribution in [0.1, 0.15) is 16.7 Å². The van der Waals surface area contributed by atoms with E-state index in [0.29, 0.717) is 0 Å². The van der Waals surface area contributed by atoms with Crippen molar-refractivity contribution in [2.75, 3.05) is 12.4 Å². The number of thioether (sulfide) groups is 1. The van der Waals surface area contributed by atoms with Crippen LogP contribution in [0.4, 0.5) is 0 Å². The van der Waals surface area contributed by atoms with Crippen LogP contribution in [0, 0.1) is 12.3 Å². The summed E-state index contributed by atoms with van der Waals surface area (Å²) in [5, 5.41) is 16.0. The van der Waals surface area contributed by atoms with Gasteiger partial charge in [-0.2, -0.15) is 11.8 Å². The summed E-state index contributed by atoms with van der Waals surface area (Å²) in [7, 11) is 0. The topological polar surface area (TPSA) is 70.1 Å². The van der Waals surface area contributed by atoms with Gasteiger partial charge in [0.2, 0.25) is 0 Å². The molecule has 0 aliphatic heterocycles. The number of amidine groups is 1. The van der Waals surface area contributed by atoms with Gasteiger partial charge in [-0.25, -0.2) is 0 Å². The van der Waals surface area contributed by atoms with Gasteiger partial charge in [0.05, 0.1) is 6.61 Å². The number of nitrogens with two attached hydrogens (primary N) is 1. The van der Waals surface area contributed by atoms with Crippen LogP contribution in [0.3, 0.4) is 0 Å².